The fourth-order valence-electron chi connectivity index (χ4n) is 1.94. The van der Waals surface area contributed by atoms with E-state index < -0.39 is 0 Å². The minimum Gasteiger partial charge on any atom is -0.359 e. The topological polar surface area (TPSA) is 46.3 Å². The number of aryl methyl sites for hydroxylation is 1. The van der Waals surface area contributed by atoms with Crippen LogP contribution in [-0.4, -0.2) is 23.0 Å². The van der Waals surface area contributed by atoms with Crippen molar-refractivity contribution in [2.75, 3.05) is 7.05 Å². The number of carbonyl (C=O) groups is 1. The van der Waals surface area contributed by atoms with Crippen molar-refractivity contribution in [2.24, 2.45) is 5.92 Å². The van der Waals surface area contributed by atoms with Gasteiger partial charge in [0.1, 0.15) is 0 Å². The molecule has 1 aromatic rings. The highest BCUT2D eigenvalue weighted by Crippen LogP contribution is 2.34. The molecule has 1 fully saturated rings. The third-order valence-corrected chi connectivity index (χ3v) is 2.79. The molecular weight excluding hydrogens is 180 g/mol. The van der Waals surface area contributed by atoms with Gasteiger partial charge in [-0.25, -0.2) is 0 Å². The number of carbonyl (C=O) groups excluding carboxylic acids is 1. The number of likely N-dealkylation sites (tertiary alicyclic amines) is 1. The molecule has 1 aliphatic rings. The molecule has 14 heavy (non-hydrogen) atoms. The fourth-order valence-corrected chi connectivity index (χ4v) is 1.94. The molecule has 0 radical (unpaired) electrons. The Morgan fingerprint density at radius 1 is 1.64 bits per heavy atom. The van der Waals surface area contributed by atoms with Crippen LogP contribution in [0.5, 0.6) is 0 Å². The molecule has 1 saturated heterocycles. The van der Waals surface area contributed by atoms with Gasteiger partial charge in [-0.1, -0.05) is 12.1 Å². The first-order valence-corrected chi connectivity index (χ1v) is 4.79. The molecule has 0 unspecified atom stereocenters. The second-order valence-electron chi connectivity index (χ2n) is 3.97. The molecule has 0 aliphatic carbocycles. The van der Waals surface area contributed by atoms with Crippen molar-refractivity contribution in [3.05, 3.63) is 17.5 Å². The highest BCUT2D eigenvalue weighted by atomic mass is 16.5. The van der Waals surface area contributed by atoms with E-state index in [0.717, 1.165) is 17.9 Å². The largest absolute Gasteiger partial charge is 0.359 e. The first kappa shape index (κ1) is 9.24. The number of hydrogen-bond donors (Lipinski definition) is 0. The van der Waals surface area contributed by atoms with Crippen molar-refractivity contribution >= 4 is 5.91 Å². The molecule has 0 saturated carbocycles. The van der Waals surface area contributed by atoms with Gasteiger partial charge in [0.25, 0.3) is 0 Å². The van der Waals surface area contributed by atoms with E-state index in [1.54, 1.807) is 4.90 Å². The van der Waals surface area contributed by atoms with Crippen molar-refractivity contribution in [3.63, 3.8) is 0 Å². The SMILES string of the molecule is Cc1cc([C@@H]2C[C@H](C)C(=O)N2C)on1. The van der Waals surface area contributed by atoms with Crippen LogP contribution in [0.3, 0.4) is 0 Å². The van der Waals surface area contributed by atoms with Gasteiger partial charge in [0.15, 0.2) is 5.76 Å². The zero-order valence-electron chi connectivity index (χ0n) is 8.65. The van der Waals surface area contributed by atoms with Crippen molar-refractivity contribution < 1.29 is 9.32 Å². The van der Waals surface area contributed by atoms with Crippen molar-refractivity contribution in [1.82, 2.24) is 10.1 Å². The van der Waals surface area contributed by atoms with Crippen LogP contribution >= 0.6 is 0 Å². The molecule has 1 aromatic heterocycles. The lowest BCUT2D eigenvalue weighted by molar-refractivity contribution is -0.130. The fraction of sp³-hybridized carbons (Fsp3) is 0.600. The molecule has 1 aliphatic heterocycles. The molecule has 2 atom stereocenters. The monoisotopic (exact) mass is 194 g/mol. The predicted octanol–water partition coefficient (Wildman–Crippen LogP) is 1.52. The molecule has 0 spiro atoms. The van der Waals surface area contributed by atoms with Gasteiger partial charge in [-0.2, -0.15) is 0 Å². The number of hydrogen-bond acceptors (Lipinski definition) is 3. The Balaban J connectivity index is 2.25. The quantitative estimate of drug-likeness (QED) is 0.681. The zero-order valence-corrected chi connectivity index (χ0v) is 8.65. The third-order valence-electron chi connectivity index (χ3n) is 2.79. The zero-order chi connectivity index (χ0) is 10.3. The van der Waals surface area contributed by atoms with E-state index in [4.69, 9.17) is 4.52 Å². The summed E-state index contributed by atoms with van der Waals surface area (Å²) in [6.45, 7) is 3.83. The molecular formula is C10H14N2O2. The van der Waals surface area contributed by atoms with Crippen LogP contribution in [0, 0.1) is 12.8 Å². The van der Waals surface area contributed by atoms with Gasteiger partial charge in [0.05, 0.1) is 11.7 Å². The average molecular weight is 194 g/mol. The molecule has 76 valence electrons. The van der Waals surface area contributed by atoms with Crippen molar-refractivity contribution in [1.29, 1.82) is 0 Å². The molecule has 2 heterocycles. The molecule has 4 nitrogen and oxygen atoms in total. The van der Waals surface area contributed by atoms with Crippen molar-refractivity contribution in [3.8, 4) is 0 Å². The van der Waals surface area contributed by atoms with Crippen LogP contribution in [0.2, 0.25) is 0 Å². The van der Waals surface area contributed by atoms with E-state index in [1.807, 2.05) is 27.0 Å². The standard InChI is InChI=1S/C10H14N2O2/c1-6-4-8(12(3)10(6)13)9-5-7(2)11-14-9/h5-6,8H,4H2,1-3H3/t6-,8-/m0/s1. The molecule has 0 N–H and O–H groups in total. The third kappa shape index (κ3) is 1.31. The second-order valence-corrected chi connectivity index (χ2v) is 3.97. The maximum Gasteiger partial charge on any atom is 0.225 e. The summed E-state index contributed by atoms with van der Waals surface area (Å²) in [5.41, 5.74) is 0.861. The smallest absolute Gasteiger partial charge is 0.225 e. The minimum absolute atomic E-state index is 0.0682. The lowest BCUT2D eigenvalue weighted by Crippen LogP contribution is -2.23. The summed E-state index contributed by atoms with van der Waals surface area (Å²) in [7, 11) is 1.81. The second kappa shape index (κ2) is 3.12. The Bertz CT molecular complexity index is 359. The summed E-state index contributed by atoms with van der Waals surface area (Å²) in [6, 6.07) is 1.96. The van der Waals surface area contributed by atoms with E-state index in [9.17, 15) is 4.79 Å². The number of nitrogens with zero attached hydrogens (tertiary/aromatic N) is 2. The molecule has 4 heteroatoms. The van der Waals surface area contributed by atoms with Crippen LogP contribution in [0.1, 0.15) is 30.8 Å². The van der Waals surface area contributed by atoms with Gasteiger partial charge in [-0.3, -0.25) is 4.79 Å². The van der Waals surface area contributed by atoms with Gasteiger partial charge in [0.2, 0.25) is 5.91 Å². The van der Waals surface area contributed by atoms with Crippen LogP contribution in [-0.2, 0) is 4.79 Å². The van der Waals surface area contributed by atoms with E-state index in [2.05, 4.69) is 5.16 Å². The number of aromatic nitrogens is 1. The first-order chi connectivity index (χ1) is 6.59. The highest BCUT2D eigenvalue weighted by molar-refractivity contribution is 5.80. The Labute approximate surface area is 82.9 Å². The summed E-state index contributed by atoms with van der Waals surface area (Å²) in [5.74, 6) is 1.07. The highest BCUT2D eigenvalue weighted by Gasteiger charge is 2.37. The molecule has 1 amide bonds. The van der Waals surface area contributed by atoms with Gasteiger partial charge >= 0.3 is 0 Å². The Kier molecular flexibility index (Phi) is 2.06. The Morgan fingerprint density at radius 2 is 2.36 bits per heavy atom. The maximum absolute atomic E-state index is 11.6. The first-order valence-electron chi connectivity index (χ1n) is 4.79. The maximum atomic E-state index is 11.6. The molecule has 0 aromatic carbocycles. The normalized spacial score (nSPS) is 27.4. The van der Waals surface area contributed by atoms with E-state index in [0.29, 0.717) is 0 Å². The predicted molar refractivity (Wildman–Crippen MR) is 50.5 cm³/mol. The molecule has 2 rings (SSSR count). The Morgan fingerprint density at radius 3 is 2.79 bits per heavy atom. The van der Waals surface area contributed by atoms with E-state index >= 15 is 0 Å². The van der Waals surface area contributed by atoms with Crippen LogP contribution in [0.4, 0.5) is 0 Å². The van der Waals surface area contributed by atoms with Crippen LogP contribution < -0.4 is 0 Å². The summed E-state index contributed by atoms with van der Waals surface area (Å²) in [4.78, 5) is 13.3. The van der Waals surface area contributed by atoms with Crippen LogP contribution in [0.15, 0.2) is 10.6 Å². The van der Waals surface area contributed by atoms with E-state index in [-0.39, 0.29) is 17.9 Å². The lowest BCUT2D eigenvalue weighted by Gasteiger charge is -2.16. The van der Waals surface area contributed by atoms with Crippen LogP contribution in [0.25, 0.3) is 0 Å². The van der Waals surface area contributed by atoms with Gasteiger partial charge in [0, 0.05) is 19.0 Å². The number of amides is 1. The van der Waals surface area contributed by atoms with Gasteiger partial charge in [-0.15, -0.1) is 0 Å². The molecule has 0 bridgehead atoms. The van der Waals surface area contributed by atoms with Gasteiger partial charge in [-0.05, 0) is 13.3 Å². The summed E-state index contributed by atoms with van der Waals surface area (Å²) in [5, 5.41) is 3.83. The average Bonchev–Trinajstić information content (AvgIpc) is 2.66. The minimum atomic E-state index is 0.0682. The lowest BCUT2D eigenvalue weighted by atomic mass is 10.1. The summed E-state index contributed by atoms with van der Waals surface area (Å²) < 4.78 is 5.17. The number of rotatable bonds is 1. The summed E-state index contributed by atoms with van der Waals surface area (Å²) >= 11 is 0. The van der Waals surface area contributed by atoms with Crippen molar-refractivity contribution in [2.45, 2.75) is 26.3 Å². The Hall–Kier alpha value is -1.32. The summed E-state index contributed by atoms with van der Waals surface area (Å²) in [6.07, 6.45) is 0.823. The van der Waals surface area contributed by atoms with Gasteiger partial charge < -0.3 is 9.42 Å². The van der Waals surface area contributed by atoms with E-state index in [1.165, 1.54) is 0 Å².